The van der Waals surface area contributed by atoms with E-state index >= 15 is 0 Å². The molecule has 1 aliphatic rings. The van der Waals surface area contributed by atoms with Crippen molar-refractivity contribution in [2.24, 2.45) is 5.41 Å². The van der Waals surface area contributed by atoms with E-state index in [4.69, 9.17) is 4.74 Å². The lowest BCUT2D eigenvalue weighted by Crippen LogP contribution is -2.28. The SMILES string of the molecule is CCO[C@H](C[C@@]1(C)Cc2cnn(-c3ccccc3F)c2C=C1C)c1ccccc1. The highest BCUT2D eigenvalue weighted by molar-refractivity contribution is 5.60. The summed E-state index contributed by atoms with van der Waals surface area (Å²) in [5.41, 5.74) is 5.02. The second-order valence-electron chi connectivity index (χ2n) is 8.04. The summed E-state index contributed by atoms with van der Waals surface area (Å²) in [6.45, 7) is 7.17. The van der Waals surface area contributed by atoms with Gasteiger partial charge in [0.25, 0.3) is 0 Å². The van der Waals surface area contributed by atoms with Gasteiger partial charge < -0.3 is 4.74 Å². The van der Waals surface area contributed by atoms with Crippen LogP contribution in [-0.2, 0) is 11.2 Å². The monoisotopic (exact) mass is 390 g/mol. The van der Waals surface area contributed by atoms with E-state index in [0.717, 1.165) is 24.1 Å². The van der Waals surface area contributed by atoms with E-state index in [9.17, 15) is 4.39 Å². The number of hydrogen-bond donors (Lipinski definition) is 0. The van der Waals surface area contributed by atoms with Crippen LogP contribution in [0.25, 0.3) is 11.8 Å². The van der Waals surface area contributed by atoms with Crippen LogP contribution in [0.5, 0.6) is 0 Å². The second-order valence-corrected chi connectivity index (χ2v) is 8.04. The van der Waals surface area contributed by atoms with Gasteiger partial charge in [0.05, 0.1) is 18.0 Å². The van der Waals surface area contributed by atoms with Crippen molar-refractivity contribution < 1.29 is 9.13 Å². The first-order valence-corrected chi connectivity index (χ1v) is 10.2. The minimum atomic E-state index is -0.265. The number of halogens is 1. The van der Waals surface area contributed by atoms with Gasteiger partial charge in [0.1, 0.15) is 11.5 Å². The van der Waals surface area contributed by atoms with Gasteiger partial charge in [-0.2, -0.15) is 5.10 Å². The Kier molecular flexibility index (Phi) is 5.37. The zero-order valence-electron chi connectivity index (χ0n) is 17.2. The fraction of sp³-hybridized carbons (Fsp3) is 0.320. The van der Waals surface area contributed by atoms with Crippen LogP contribution in [0.15, 0.2) is 66.4 Å². The molecule has 3 nitrogen and oxygen atoms in total. The van der Waals surface area contributed by atoms with Gasteiger partial charge in [-0.05, 0) is 61.4 Å². The number of allylic oxidation sites excluding steroid dienone is 1. The average Bonchev–Trinajstić information content (AvgIpc) is 3.11. The third-order valence-electron chi connectivity index (χ3n) is 6.03. The Morgan fingerprint density at radius 2 is 1.86 bits per heavy atom. The smallest absolute Gasteiger partial charge is 0.148 e. The maximum absolute atomic E-state index is 14.3. The molecule has 0 fully saturated rings. The van der Waals surface area contributed by atoms with Gasteiger partial charge in [0.2, 0.25) is 0 Å². The first-order valence-electron chi connectivity index (χ1n) is 10.2. The molecule has 0 amide bonds. The van der Waals surface area contributed by atoms with Gasteiger partial charge in [-0.1, -0.05) is 55.0 Å². The number of aromatic nitrogens is 2. The first kappa shape index (κ1) is 19.6. The third kappa shape index (κ3) is 3.77. The molecule has 4 heteroatoms. The summed E-state index contributed by atoms with van der Waals surface area (Å²) in [6, 6.07) is 17.2. The van der Waals surface area contributed by atoms with Crippen LogP contribution in [0.4, 0.5) is 4.39 Å². The summed E-state index contributed by atoms with van der Waals surface area (Å²) in [6.07, 6.45) is 5.82. The van der Waals surface area contributed by atoms with Crippen molar-refractivity contribution in [3.63, 3.8) is 0 Å². The Hall–Kier alpha value is -2.72. The van der Waals surface area contributed by atoms with Crippen LogP contribution >= 0.6 is 0 Å². The quantitative estimate of drug-likeness (QED) is 0.505. The summed E-state index contributed by atoms with van der Waals surface area (Å²) in [5.74, 6) is -0.265. The van der Waals surface area contributed by atoms with Gasteiger partial charge >= 0.3 is 0 Å². The molecule has 1 aromatic heterocycles. The normalized spacial score (nSPS) is 19.5. The predicted octanol–water partition coefficient (Wildman–Crippen LogP) is 6.15. The Morgan fingerprint density at radius 3 is 2.59 bits per heavy atom. The molecular weight excluding hydrogens is 363 g/mol. The summed E-state index contributed by atoms with van der Waals surface area (Å²) >= 11 is 0. The summed E-state index contributed by atoms with van der Waals surface area (Å²) in [5, 5.41) is 4.50. The van der Waals surface area contributed by atoms with E-state index in [1.54, 1.807) is 16.8 Å². The zero-order valence-corrected chi connectivity index (χ0v) is 17.2. The highest BCUT2D eigenvalue weighted by Crippen LogP contribution is 2.45. The average molecular weight is 391 g/mol. The van der Waals surface area contributed by atoms with Crippen molar-refractivity contribution >= 4 is 6.08 Å². The zero-order chi connectivity index (χ0) is 20.4. The number of rotatable bonds is 6. The molecule has 0 saturated carbocycles. The van der Waals surface area contributed by atoms with Crippen LogP contribution in [0.2, 0.25) is 0 Å². The van der Waals surface area contributed by atoms with E-state index in [-0.39, 0.29) is 17.3 Å². The molecule has 0 saturated heterocycles. The van der Waals surface area contributed by atoms with E-state index in [0.29, 0.717) is 12.3 Å². The molecule has 0 radical (unpaired) electrons. The molecule has 0 unspecified atom stereocenters. The van der Waals surface area contributed by atoms with E-state index < -0.39 is 0 Å². The molecule has 1 aliphatic carbocycles. The molecule has 0 bridgehead atoms. The van der Waals surface area contributed by atoms with Gasteiger partial charge in [0.15, 0.2) is 0 Å². The number of benzene rings is 2. The van der Waals surface area contributed by atoms with Gasteiger partial charge in [-0.25, -0.2) is 9.07 Å². The molecule has 29 heavy (non-hydrogen) atoms. The van der Waals surface area contributed by atoms with Gasteiger partial charge in [-0.15, -0.1) is 0 Å². The second kappa shape index (κ2) is 7.96. The predicted molar refractivity (Wildman–Crippen MR) is 114 cm³/mol. The summed E-state index contributed by atoms with van der Waals surface area (Å²) in [7, 11) is 0. The minimum Gasteiger partial charge on any atom is -0.374 e. The van der Waals surface area contributed by atoms with E-state index in [1.165, 1.54) is 17.2 Å². The topological polar surface area (TPSA) is 27.1 Å². The van der Waals surface area contributed by atoms with Crippen molar-refractivity contribution in [1.82, 2.24) is 9.78 Å². The van der Waals surface area contributed by atoms with Crippen LogP contribution in [0.3, 0.4) is 0 Å². The van der Waals surface area contributed by atoms with Crippen molar-refractivity contribution in [3.05, 3.63) is 89.0 Å². The number of hydrogen-bond acceptors (Lipinski definition) is 2. The first-order chi connectivity index (χ1) is 14.0. The third-order valence-corrected chi connectivity index (χ3v) is 6.03. The number of nitrogens with zero attached hydrogens (tertiary/aromatic N) is 2. The molecule has 2 atom stereocenters. The lowest BCUT2D eigenvalue weighted by molar-refractivity contribution is 0.0324. The van der Waals surface area contributed by atoms with Crippen molar-refractivity contribution in [2.75, 3.05) is 6.61 Å². The summed E-state index contributed by atoms with van der Waals surface area (Å²) in [4.78, 5) is 0. The fourth-order valence-corrected chi connectivity index (χ4v) is 4.22. The lowest BCUT2D eigenvalue weighted by Gasteiger charge is -2.37. The Labute approximate surface area is 171 Å². The molecule has 4 rings (SSSR count). The molecule has 2 aromatic carbocycles. The van der Waals surface area contributed by atoms with E-state index in [1.807, 2.05) is 25.3 Å². The number of fused-ring (bicyclic) bond motifs is 1. The minimum absolute atomic E-state index is 0.0395. The van der Waals surface area contributed by atoms with Crippen LogP contribution in [0, 0.1) is 11.2 Å². The van der Waals surface area contributed by atoms with Gasteiger partial charge in [0, 0.05) is 6.61 Å². The Bertz CT molecular complexity index is 1020. The summed E-state index contributed by atoms with van der Waals surface area (Å²) < 4.78 is 22.2. The standard InChI is InChI=1S/C25H27FN2O/c1-4-29-24(19-10-6-5-7-11-19)16-25(3)15-20-17-27-28(23(20)14-18(25)2)22-13-9-8-12-21(22)26/h5-14,17,24H,4,15-16H2,1-3H3/t24-,25-/m1/s1. The fourth-order valence-electron chi connectivity index (χ4n) is 4.22. The molecule has 0 aliphatic heterocycles. The van der Waals surface area contributed by atoms with E-state index in [2.05, 4.69) is 49.3 Å². The van der Waals surface area contributed by atoms with Crippen LogP contribution in [-0.4, -0.2) is 16.4 Å². The van der Waals surface area contributed by atoms with Crippen molar-refractivity contribution in [3.8, 4) is 5.69 Å². The lowest BCUT2D eigenvalue weighted by atomic mass is 9.70. The highest BCUT2D eigenvalue weighted by Gasteiger charge is 2.36. The Balaban J connectivity index is 1.66. The highest BCUT2D eigenvalue weighted by atomic mass is 19.1. The molecule has 1 heterocycles. The molecule has 150 valence electrons. The molecule has 0 spiro atoms. The van der Waals surface area contributed by atoms with Gasteiger partial charge in [-0.3, -0.25) is 0 Å². The Morgan fingerprint density at radius 1 is 1.14 bits per heavy atom. The largest absolute Gasteiger partial charge is 0.374 e. The number of ether oxygens (including phenoxy) is 1. The van der Waals surface area contributed by atoms with Crippen molar-refractivity contribution in [1.29, 1.82) is 0 Å². The number of para-hydroxylation sites is 1. The maximum Gasteiger partial charge on any atom is 0.148 e. The molecular formula is C25H27FN2O. The van der Waals surface area contributed by atoms with Crippen LogP contribution < -0.4 is 0 Å². The maximum atomic E-state index is 14.3. The van der Waals surface area contributed by atoms with Crippen LogP contribution in [0.1, 0.15) is 50.1 Å². The van der Waals surface area contributed by atoms with Crippen molar-refractivity contribution in [2.45, 2.75) is 39.7 Å². The molecule has 3 aromatic rings. The molecule has 0 N–H and O–H groups in total.